The predicted molar refractivity (Wildman–Crippen MR) is 92.2 cm³/mol. The Morgan fingerprint density at radius 1 is 1.25 bits per heavy atom. The van der Waals surface area contributed by atoms with Gasteiger partial charge < -0.3 is 9.47 Å². The van der Waals surface area contributed by atoms with Gasteiger partial charge in [-0.25, -0.2) is 4.39 Å². The number of rotatable bonds is 4. The van der Waals surface area contributed by atoms with Crippen LogP contribution >= 0.6 is 11.6 Å². The summed E-state index contributed by atoms with van der Waals surface area (Å²) in [5.74, 6) is -0.0621. The zero-order chi connectivity index (χ0) is 16.9. The maximum Gasteiger partial charge on any atom is 0.185 e. The highest BCUT2D eigenvalue weighted by Gasteiger charge is 2.23. The first kappa shape index (κ1) is 17.1. The van der Waals surface area contributed by atoms with E-state index in [0.29, 0.717) is 30.4 Å². The molecule has 0 spiro atoms. The molecule has 2 aromatic rings. The van der Waals surface area contributed by atoms with Crippen molar-refractivity contribution in [1.82, 2.24) is 4.98 Å². The van der Waals surface area contributed by atoms with Gasteiger partial charge in [0.25, 0.3) is 0 Å². The van der Waals surface area contributed by atoms with Crippen LogP contribution in [0.15, 0.2) is 48.7 Å². The quantitative estimate of drug-likeness (QED) is 0.715. The largest absolute Gasteiger partial charge is 0.348 e. The second kappa shape index (κ2) is 7.88. The van der Waals surface area contributed by atoms with E-state index in [1.807, 2.05) is 25.1 Å². The number of allylic oxidation sites excluding steroid dienone is 2. The normalized spacial score (nSPS) is 21.3. The highest BCUT2D eigenvalue weighted by Crippen LogP contribution is 2.28. The van der Waals surface area contributed by atoms with Gasteiger partial charge in [-0.05, 0) is 31.5 Å². The van der Waals surface area contributed by atoms with E-state index in [9.17, 15) is 4.39 Å². The van der Waals surface area contributed by atoms with Crippen LogP contribution in [-0.2, 0) is 9.47 Å². The molecule has 2 heterocycles. The van der Waals surface area contributed by atoms with Crippen molar-refractivity contribution >= 4 is 11.6 Å². The number of benzene rings is 1. The van der Waals surface area contributed by atoms with Crippen molar-refractivity contribution in [3.05, 3.63) is 65.1 Å². The zero-order valence-electron chi connectivity index (χ0n) is 13.4. The Balaban J connectivity index is 1.66. The standard InChI is InChI=1S/C19H19ClFNO2/c1-2-3-4-13-11-23-19(24-12-13)15-6-8-18(22-10-15)14-5-7-16(20)17(21)9-14/h2-3,5-10,13,19H,4,11-12H2,1H3/b3-2+. The van der Waals surface area contributed by atoms with E-state index in [-0.39, 0.29) is 5.02 Å². The molecular weight excluding hydrogens is 329 g/mol. The first-order valence-electron chi connectivity index (χ1n) is 7.93. The Kier molecular flexibility index (Phi) is 5.61. The van der Waals surface area contributed by atoms with Gasteiger partial charge in [-0.3, -0.25) is 4.98 Å². The number of ether oxygens (including phenoxy) is 2. The van der Waals surface area contributed by atoms with Crippen LogP contribution in [0.3, 0.4) is 0 Å². The van der Waals surface area contributed by atoms with E-state index in [1.165, 1.54) is 12.1 Å². The SMILES string of the molecule is C/C=C/CC1COC(c2ccc(-c3ccc(Cl)c(F)c3)nc2)OC1. The first-order valence-corrected chi connectivity index (χ1v) is 8.31. The van der Waals surface area contributed by atoms with Crippen molar-refractivity contribution < 1.29 is 13.9 Å². The summed E-state index contributed by atoms with van der Waals surface area (Å²) >= 11 is 5.71. The fraction of sp³-hybridized carbons (Fsp3) is 0.316. The molecule has 3 nitrogen and oxygen atoms in total. The smallest absolute Gasteiger partial charge is 0.185 e. The molecule has 0 atom stereocenters. The van der Waals surface area contributed by atoms with E-state index in [2.05, 4.69) is 11.1 Å². The van der Waals surface area contributed by atoms with Crippen LogP contribution in [0.1, 0.15) is 25.2 Å². The third kappa shape index (κ3) is 4.01. The monoisotopic (exact) mass is 347 g/mol. The second-order valence-corrected chi connectivity index (χ2v) is 6.18. The number of hydrogen-bond acceptors (Lipinski definition) is 3. The minimum absolute atomic E-state index is 0.104. The lowest BCUT2D eigenvalue weighted by molar-refractivity contribution is -0.204. The van der Waals surface area contributed by atoms with E-state index in [4.69, 9.17) is 21.1 Å². The van der Waals surface area contributed by atoms with Gasteiger partial charge in [-0.2, -0.15) is 0 Å². The summed E-state index contributed by atoms with van der Waals surface area (Å²) < 4.78 is 25.1. The summed E-state index contributed by atoms with van der Waals surface area (Å²) in [7, 11) is 0. The molecule has 24 heavy (non-hydrogen) atoms. The minimum Gasteiger partial charge on any atom is -0.348 e. The second-order valence-electron chi connectivity index (χ2n) is 5.78. The summed E-state index contributed by atoms with van der Waals surface area (Å²) in [6.07, 6.45) is 6.44. The van der Waals surface area contributed by atoms with Crippen molar-refractivity contribution in [1.29, 1.82) is 0 Å². The van der Waals surface area contributed by atoms with Crippen LogP contribution in [0.5, 0.6) is 0 Å². The molecule has 0 bridgehead atoms. The number of nitrogens with zero attached hydrogens (tertiary/aromatic N) is 1. The first-order chi connectivity index (χ1) is 11.7. The Morgan fingerprint density at radius 2 is 2.04 bits per heavy atom. The maximum atomic E-state index is 13.6. The molecular formula is C19H19ClFNO2. The molecule has 0 radical (unpaired) electrons. The van der Waals surface area contributed by atoms with Gasteiger partial charge in [-0.15, -0.1) is 0 Å². The average molecular weight is 348 g/mol. The number of halogens is 2. The maximum absolute atomic E-state index is 13.6. The lowest BCUT2D eigenvalue weighted by Crippen LogP contribution is -2.26. The van der Waals surface area contributed by atoms with Crippen LogP contribution in [0.2, 0.25) is 5.02 Å². The van der Waals surface area contributed by atoms with Crippen LogP contribution < -0.4 is 0 Å². The molecule has 1 aliphatic rings. The van der Waals surface area contributed by atoms with Gasteiger partial charge in [0.05, 0.1) is 23.9 Å². The number of pyridine rings is 1. The van der Waals surface area contributed by atoms with Gasteiger partial charge in [-0.1, -0.05) is 35.9 Å². The minimum atomic E-state index is -0.453. The van der Waals surface area contributed by atoms with Gasteiger partial charge in [0.15, 0.2) is 6.29 Å². The number of aromatic nitrogens is 1. The Bertz CT molecular complexity index is 710. The molecule has 1 aromatic carbocycles. The molecule has 126 valence electrons. The lowest BCUT2D eigenvalue weighted by atomic mass is 10.1. The summed E-state index contributed by atoms with van der Waals surface area (Å²) in [5.41, 5.74) is 2.22. The van der Waals surface area contributed by atoms with Crippen molar-refractivity contribution in [2.24, 2.45) is 5.92 Å². The Morgan fingerprint density at radius 3 is 2.67 bits per heavy atom. The lowest BCUT2D eigenvalue weighted by Gasteiger charge is -2.29. The third-order valence-electron chi connectivity index (χ3n) is 3.95. The van der Waals surface area contributed by atoms with Crippen molar-refractivity contribution in [3.63, 3.8) is 0 Å². The van der Waals surface area contributed by atoms with E-state index in [1.54, 1.807) is 12.3 Å². The predicted octanol–water partition coefficient (Wildman–Crippen LogP) is 5.17. The molecule has 1 aliphatic heterocycles. The van der Waals surface area contributed by atoms with Crippen molar-refractivity contribution in [2.75, 3.05) is 13.2 Å². The molecule has 1 aromatic heterocycles. The van der Waals surface area contributed by atoms with Gasteiger partial charge >= 0.3 is 0 Å². The molecule has 0 amide bonds. The zero-order valence-corrected chi connectivity index (χ0v) is 14.2. The summed E-state index contributed by atoms with van der Waals surface area (Å²) in [6, 6.07) is 8.37. The third-order valence-corrected chi connectivity index (χ3v) is 4.25. The summed E-state index contributed by atoms with van der Waals surface area (Å²) in [4.78, 5) is 4.38. The van der Waals surface area contributed by atoms with Crippen LogP contribution in [0, 0.1) is 11.7 Å². The van der Waals surface area contributed by atoms with Gasteiger partial charge in [0.2, 0.25) is 0 Å². The summed E-state index contributed by atoms with van der Waals surface area (Å²) in [5, 5.41) is 0.104. The van der Waals surface area contributed by atoms with Crippen LogP contribution in [0.25, 0.3) is 11.3 Å². The average Bonchev–Trinajstić information content (AvgIpc) is 2.63. The fourth-order valence-electron chi connectivity index (χ4n) is 2.57. The molecule has 1 fully saturated rings. The molecule has 3 rings (SSSR count). The molecule has 0 aliphatic carbocycles. The van der Waals surface area contributed by atoms with Crippen molar-refractivity contribution in [3.8, 4) is 11.3 Å². The Hall–Kier alpha value is -1.75. The molecule has 0 N–H and O–H groups in total. The Labute approximate surface area is 146 Å². The number of hydrogen-bond donors (Lipinski definition) is 0. The van der Waals surface area contributed by atoms with Gasteiger partial charge in [0.1, 0.15) is 5.82 Å². The van der Waals surface area contributed by atoms with Crippen molar-refractivity contribution in [2.45, 2.75) is 19.6 Å². The highest BCUT2D eigenvalue weighted by atomic mass is 35.5. The van der Waals surface area contributed by atoms with Gasteiger partial charge in [0, 0.05) is 23.2 Å². The van der Waals surface area contributed by atoms with Crippen LogP contribution in [0.4, 0.5) is 4.39 Å². The van der Waals surface area contributed by atoms with Crippen LogP contribution in [-0.4, -0.2) is 18.2 Å². The summed E-state index contributed by atoms with van der Waals surface area (Å²) in [6.45, 7) is 3.34. The molecule has 1 saturated heterocycles. The highest BCUT2D eigenvalue weighted by molar-refractivity contribution is 6.30. The molecule has 0 unspecified atom stereocenters. The fourth-order valence-corrected chi connectivity index (χ4v) is 2.69. The van der Waals surface area contributed by atoms with E-state index < -0.39 is 12.1 Å². The molecule has 0 saturated carbocycles. The van der Waals surface area contributed by atoms with E-state index >= 15 is 0 Å². The topological polar surface area (TPSA) is 31.4 Å². The van der Waals surface area contributed by atoms with E-state index in [0.717, 1.165) is 12.0 Å². The molecule has 5 heteroatoms.